The lowest BCUT2D eigenvalue weighted by molar-refractivity contribution is 0.0944. The van der Waals surface area contributed by atoms with Gasteiger partial charge in [0.2, 0.25) is 5.91 Å². The molecule has 0 saturated carbocycles. The summed E-state index contributed by atoms with van der Waals surface area (Å²) in [4.78, 5) is 35.9. The number of fused-ring (bicyclic) bond motifs is 1. The normalized spacial score (nSPS) is 10.9. The molecule has 0 aliphatic heterocycles. The van der Waals surface area contributed by atoms with Crippen LogP contribution < -0.4 is 16.8 Å². The molecule has 0 aliphatic rings. The first-order valence-electron chi connectivity index (χ1n) is 9.26. The van der Waals surface area contributed by atoms with E-state index in [1.54, 1.807) is 30.5 Å². The Kier molecular flexibility index (Phi) is 5.73. The van der Waals surface area contributed by atoms with E-state index in [1.807, 2.05) is 0 Å². The molecule has 0 unspecified atom stereocenters. The molecule has 8 nitrogen and oxygen atoms in total. The van der Waals surface area contributed by atoms with Crippen LogP contribution in [0.2, 0.25) is 0 Å². The lowest BCUT2D eigenvalue weighted by Gasteiger charge is -2.09. The molecular formula is C21H16F2N6O2S. The maximum Gasteiger partial charge on any atom is 0.274 e. The average Bonchev–Trinajstić information content (AvgIpc) is 3.15. The number of carbonyl (C=O) groups excluding carboxylic acids is 2. The third-order valence-electron chi connectivity index (χ3n) is 4.61. The third kappa shape index (κ3) is 4.23. The molecule has 6 N–H and O–H groups in total. The third-order valence-corrected chi connectivity index (χ3v) is 5.59. The summed E-state index contributed by atoms with van der Waals surface area (Å²) in [7, 11) is 0. The summed E-state index contributed by atoms with van der Waals surface area (Å²) in [6, 6.07) is 8.81. The van der Waals surface area contributed by atoms with Gasteiger partial charge in [-0.2, -0.15) is 0 Å². The molecule has 4 aromatic rings. The van der Waals surface area contributed by atoms with Crippen LogP contribution in [0.25, 0.3) is 10.9 Å². The number of benzene rings is 2. The van der Waals surface area contributed by atoms with E-state index < -0.39 is 23.4 Å². The molecule has 0 fully saturated rings. The molecule has 0 radical (unpaired) electrons. The number of amides is 2. The second-order valence-electron chi connectivity index (χ2n) is 6.71. The highest BCUT2D eigenvalue weighted by atomic mass is 32.2. The Bertz CT molecular complexity index is 1360. The number of carbonyl (C=O) groups is 2. The largest absolute Gasteiger partial charge is 0.382 e. The van der Waals surface area contributed by atoms with E-state index in [0.717, 1.165) is 23.9 Å². The maximum atomic E-state index is 13.6. The van der Waals surface area contributed by atoms with Crippen molar-refractivity contribution in [3.05, 3.63) is 77.2 Å². The molecule has 162 valence electrons. The summed E-state index contributed by atoms with van der Waals surface area (Å²) in [6.45, 7) is 0.0207. The Labute approximate surface area is 184 Å². The standard InChI is InChI=1S/C21H16F2N6O2S/c22-13-5-12-10(7-26-15(12)6-14(13)23)8-28-21(31)18-19(24)27-9-17(29-18)32-16-4-2-1-3-11(16)20(25)30/h1-7,9,26H,8H2,(H2,24,27)(H2,25,30)(H,28,31). The second kappa shape index (κ2) is 8.63. The van der Waals surface area contributed by atoms with Crippen LogP contribution in [0.5, 0.6) is 0 Å². The molecule has 11 heteroatoms. The van der Waals surface area contributed by atoms with Crippen LogP contribution in [0.3, 0.4) is 0 Å². The number of nitrogens with one attached hydrogen (secondary N) is 2. The zero-order valence-electron chi connectivity index (χ0n) is 16.4. The van der Waals surface area contributed by atoms with E-state index in [1.165, 1.54) is 6.20 Å². The fourth-order valence-electron chi connectivity index (χ4n) is 3.05. The molecule has 0 bridgehead atoms. The summed E-state index contributed by atoms with van der Waals surface area (Å²) < 4.78 is 27.0. The first-order chi connectivity index (χ1) is 15.3. The summed E-state index contributed by atoms with van der Waals surface area (Å²) in [5, 5.41) is 3.42. The van der Waals surface area contributed by atoms with Crippen LogP contribution >= 0.6 is 11.8 Å². The number of anilines is 1. The lowest BCUT2D eigenvalue weighted by Crippen LogP contribution is -2.25. The number of aromatic amines is 1. The zero-order chi connectivity index (χ0) is 22.8. The number of hydrogen-bond acceptors (Lipinski definition) is 6. The van der Waals surface area contributed by atoms with Gasteiger partial charge in [0.15, 0.2) is 23.1 Å². The lowest BCUT2D eigenvalue weighted by atomic mass is 10.1. The predicted molar refractivity (Wildman–Crippen MR) is 115 cm³/mol. The number of halogens is 2. The van der Waals surface area contributed by atoms with Gasteiger partial charge in [-0.1, -0.05) is 23.9 Å². The molecule has 4 rings (SSSR count). The van der Waals surface area contributed by atoms with Crippen molar-refractivity contribution in [1.29, 1.82) is 0 Å². The van der Waals surface area contributed by atoms with Crippen molar-refractivity contribution in [3.63, 3.8) is 0 Å². The van der Waals surface area contributed by atoms with Gasteiger partial charge < -0.3 is 21.8 Å². The second-order valence-corrected chi connectivity index (χ2v) is 7.78. The number of nitrogen functional groups attached to an aromatic ring is 1. The molecule has 2 heterocycles. The van der Waals surface area contributed by atoms with Gasteiger partial charge >= 0.3 is 0 Å². The molecule has 2 aromatic heterocycles. The van der Waals surface area contributed by atoms with E-state index in [0.29, 0.717) is 32.0 Å². The van der Waals surface area contributed by atoms with E-state index >= 15 is 0 Å². The quantitative estimate of drug-likeness (QED) is 0.353. The van der Waals surface area contributed by atoms with Crippen molar-refractivity contribution in [2.75, 3.05) is 5.73 Å². The molecule has 2 amide bonds. The Morgan fingerprint density at radius 1 is 1.16 bits per heavy atom. The van der Waals surface area contributed by atoms with Crippen LogP contribution in [-0.2, 0) is 6.54 Å². The number of hydrogen-bond donors (Lipinski definition) is 4. The van der Waals surface area contributed by atoms with Crippen molar-refractivity contribution in [2.45, 2.75) is 16.5 Å². The van der Waals surface area contributed by atoms with Crippen LogP contribution in [0.1, 0.15) is 26.4 Å². The van der Waals surface area contributed by atoms with Crippen LogP contribution in [0.15, 0.2) is 58.7 Å². The van der Waals surface area contributed by atoms with Crippen molar-refractivity contribution in [3.8, 4) is 0 Å². The van der Waals surface area contributed by atoms with Gasteiger partial charge in [-0.25, -0.2) is 18.7 Å². The number of rotatable bonds is 6. The molecular weight excluding hydrogens is 438 g/mol. The van der Waals surface area contributed by atoms with Crippen LogP contribution in [0.4, 0.5) is 14.6 Å². The van der Waals surface area contributed by atoms with Gasteiger partial charge in [0, 0.05) is 34.6 Å². The van der Waals surface area contributed by atoms with E-state index in [2.05, 4.69) is 20.3 Å². The highest BCUT2D eigenvalue weighted by Gasteiger charge is 2.17. The number of nitrogens with two attached hydrogens (primary N) is 2. The summed E-state index contributed by atoms with van der Waals surface area (Å²) >= 11 is 1.11. The monoisotopic (exact) mass is 454 g/mol. The molecule has 2 aromatic carbocycles. The molecule has 0 spiro atoms. The minimum atomic E-state index is -0.985. The minimum absolute atomic E-state index is 0.0207. The topological polar surface area (TPSA) is 140 Å². The highest BCUT2D eigenvalue weighted by molar-refractivity contribution is 7.99. The Balaban J connectivity index is 1.53. The number of H-pyrrole nitrogens is 1. The summed E-state index contributed by atoms with van der Waals surface area (Å²) in [6.07, 6.45) is 2.93. The van der Waals surface area contributed by atoms with Crippen LogP contribution in [-0.4, -0.2) is 26.8 Å². The molecule has 0 atom stereocenters. The van der Waals surface area contributed by atoms with Crippen molar-refractivity contribution in [1.82, 2.24) is 20.3 Å². The first-order valence-corrected chi connectivity index (χ1v) is 10.1. The van der Waals surface area contributed by atoms with Crippen molar-refractivity contribution in [2.24, 2.45) is 5.73 Å². The average molecular weight is 454 g/mol. The van der Waals surface area contributed by atoms with Gasteiger partial charge in [-0.3, -0.25) is 9.59 Å². The molecule has 0 saturated heterocycles. The fraction of sp³-hybridized carbons (Fsp3) is 0.0476. The van der Waals surface area contributed by atoms with Gasteiger partial charge in [0.1, 0.15) is 5.03 Å². The van der Waals surface area contributed by atoms with Gasteiger partial charge in [0.25, 0.3) is 5.91 Å². The van der Waals surface area contributed by atoms with Gasteiger partial charge in [-0.15, -0.1) is 0 Å². The smallest absolute Gasteiger partial charge is 0.274 e. The minimum Gasteiger partial charge on any atom is -0.382 e. The SMILES string of the molecule is NC(=O)c1ccccc1Sc1cnc(N)c(C(=O)NCc2c[nH]c3cc(F)c(F)cc23)n1. The summed E-state index contributed by atoms with van der Waals surface area (Å²) in [5.41, 5.74) is 12.4. The fourth-order valence-corrected chi connectivity index (χ4v) is 3.94. The zero-order valence-corrected chi connectivity index (χ0v) is 17.2. The van der Waals surface area contributed by atoms with Crippen molar-refractivity contribution < 1.29 is 18.4 Å². The molecule has 0 aliphatic carbocycles. The van der Waals surface area contributed by atoms with Crippen LogP contribution in [0, 0.1) is 11.6 Å². The van der Waals surface area contributed by atoms with E-state index in [-0.39, 0.29) is 18.1 Å². The Hall–Kier alpha value is -3.99. The highest BCUT2D eigenvalue weighted by Crippen LogP contribution is 2.29. The Morgan fingerprint density at radius 3 is 2.69 bits per heavy atom. The first kappa shape index (κ1) is 21.2. The van der Waals surface area contributed by atoms with Gasteiger partial charge in [0.05, 0.1) is 11.8 Å². The van der Waals surface area contributed by atoms with Gasteiger partial charge in [-0.05, 0) is 23.8 Å². The van der Waals surface area contributed by atoms with E-state index in [9.17, 15) is 18.4 Å². The summed E-state index contributed by atoms with van der Waals surface area (Å²) in [5.74, 6) is -3.23. The number of nitrogens with zero attached hydrogens (tertiary/aromatic N) is 2. The maximum absolute atomic E-state index is 13.6. The Morgan fingerprint density at radius 2 is 1.91 bits per heavy atom. The molecule has 32 heavy (non-hydrogen) atoms. The number of aromatic nitrogens is 3. The number of primary amides is 1. The van der Waals surface area contributed by atoms with Crippen molar-refractivity contribution >= 4 is 40.3 Å². The van der Waals surface area contributed by atoms with E-state index in [4.69, 9.17) is 11.5 Å². The predicted octanol–water partition coefficient (Wildman–Crippen LogP) is 3.00.